The molecule has 0 aromatic carbocycles. The number of ether oxygens (including phenoxy) is 1. The van der Waals surface area contributed by atoms with Crippen LogP contribution < -0.4 is 10.6 Å². The number of nitrogens with zero attached hydrogens (tertiary/aromatic N) is 3. The predicted molar refractivity (Wildman–Crippen MR) is 64.6 cm³/mol. The van der Waals surface area contributed by atoms with Crippen LogP contribution in [0, 0.1) is 12.8 Å². The quantitative estimate of drug-likeness (QED) is 0.812. The van der Waals surface area contributed by atoms with E-state index in [1.54, 1.807) is 0 Å². The van der Waals surface area contributed by atoms with E-state index in [4.69, 9.17) is 10.5 Å². The lowest BCUT2D eigenvalue weighted by Gasteiger charge is -2.17. The maximum Gasteiger partial charge on any atom is 0.225 e. The third-order valence-electron chi connectivity index (χ3n) is 3.67. The number of fused-ring (bicyclic) bond motifs is 1. The Bertz CT molecular complexity index is 435. The summed E-state index contributed by atoms with van der Waals surface area (Å²) in [6, 6.07) is 0. The van der Waals surface area contributed by atoms with E-state index in [1.807, 2.05) is 6.92 Å². The van der Waals surface area contributed by atoms with E-state index in [0.717, 1.165) is 43.4 Å². The molecule has 0 bridgehead atoms. The van der Waals surface area contributed by atoms with Crippen molar-refractivity contribution >= 4 is 5.95 Å². The molecule has 0 amide bonds. The highest BCUT2D eigenvalue weighted by Gasteiger charge is 2.25. The van der Waals surface area contributed by atoms with Gasteiger partial charge in [-0.2, -0.15) is 0 Å². The molecule has 3 rings (SSSR count). The van der Waals surface area contributed by atoms with Gasteiger partial charge in [-0.3, -0.25) is 0 Å². The number of nitrogens with two attached hydrogens (primary N) is 1. The summed E-state index contributed by atoms with van der Waals surface area (Å²) in [7, 11) is 0. The highest BCUT2D eigenvalue weighted by Crippen LogP contribution is 2.25. The van der Waals surface area contributed by atoms with Crippen molar-refractivity contribution in [2.45, 2.75) is 26.6 Å². The molecule has 92 valence electrons. The summed E-state index contributed by atoms with van der Waals surface area (Å²) in [4.78, 5) is 11.4. The molecule has 0 aliphatic carbocycles. The summed E-state index contributed by atoms with van der Waals surface area (Å²) in [5, 5.41) is 0. The second-order valence-corrected chi connectivity index (χ2v) is 4.86. The molecular weight excluding hydrogens is 216 g/mol. The third kappa shape index (κ3) is 1.89. The lowest BCUT2D eigenvalue weighted by molar-refractivity contribution is 0.133. The van der Waals surface area contributed by atoms with Crippen molar-refractivity contribution in [2.75, 3.05) is 24.5 Å². The minimum atomic E-state index is 0.586. The summed E-state index contributed by atoms with van der Waals surface area (Å²) >= 11 is 0. The fourth-order valence-electron chi connectivity index (χ4n) is 2.54. The van der Waals surface area contributed by atoms with Gasteiger partial charge in [0.25, 0.3) is 0 Å². The minimum Gasteiger partial charge on any atom is -0.370 e. The summed E-state index contributed by atoms with van der Waals surface area (Å²) in [6.45, 7) is 6.07. The van der Waals surface area contributed by atoms with Gasteiger partial charge in [0.05, 0.1) is 18.9 Å². The molecule has 1 aromatic rings. The van der Waals surface area contributed by atoms with Crippen molar-refractivity contribution in [3.8, 4) is 0 Å². The van der Waals surface area contributed by atoms with E-state index in [2.05, 4.69) is 14.9 Å². The van der Waals surface area contributed by atoms with Crippen LogP contribution in [0.25, 0.3) is 0 Å². The molecule has 1 saturated heterocycles. The smallest absolute Gasteiger partial charge is 0.225 e. The fourth-order valence-corrected chi connectivity index (χ4v) is 2.54. The van der Waals surface area contributed by atoms with Gasteiger partial charge in [0.15, 0.2) is 0 Å². The molecule has 17 heavy (non-hydrogen) atoms. The van der Waals surface area contributed by atoms with Gasteiger partial charge in [0, 0.05) is 24.3 Å². The molecule has 2 N–H and O–H groups in total. The Labute approximate surface area is 101 Å². The first-order valence-corrected chi connectivity index (χ1v) is 6.17. The van der Waals surface area contributed by atoms with Gasteiger partial charge >= 0.3 is 0 Å². The number of hydrogen-bond acceptors (Lipinski definition) is 5. The minimum absolute atomic E-state index is 0.586. The number of aromatic nitrogens is 2. The van der Waals surface area contributed by atoms with Crippen LogP contribution in [0.1, 0.15) is 23.4 Å². The van der Waals surface area contributed by atoms with Crippen molar-refractivity contribution in [1.82, 2.24) is 9.97 Å². The zero-order valence-corrected chi connectivity index (χ0v) is 10.1. The number of hydrogen-bond donors (Lipinski definition) is 1. The summed E-state index contributed by atoms with van der Waals surface area (Å²) in [5.74, 6) is 1.44. The molecule has 1 unspecified atom stereocenters. The average Bonchev–Trinajstić information content (AvgIpc) is 2.97. The first kappa shape index (κ1) is 10.9. The standard InChI is InChI=1S/C12H18N4O/c1-8-10-6-17-7-11(10)15-12(14-8)16-3-2-9(4-13)5-16/h9H,2-7,13H2,1H3. The zero-order valence-electron chi connectivity index (χ0n) is 10.1. The van der Waals surface area contributed by atoms with E-state index in [-0.39, 0.29) is 0 Å². The SMILES string of the molecule is Cc1nc(N2CCC(CN)C2)nc2c1COC2. The Balaban J connectivity index is 1.87. The van der Waals surface area contributed by atoms with Crippen molar-refractivity contribution in [3.05, 3.63) is 17.0 Å². The number of anilines is 1. The number of rotatable bonds is 2. The van der Waals surface area contributed by atoms with Crippen LogP contribution in [0.15, 0.2) is 0 Å². The van der Waals surface area contributed by atoms with Crippen LogP contribution in [-0.4, -0.2) is 29.6 Å². The van der Waals surface area contributed by atoms with Crippen molar-refractivity contribution in [1.29, 1.82) is 0 Å². The molecule has 5 heteroatoms. The van der Waals surface area contributed by atoms with Crippen LogP contribution in [0.4, 0.5) is 5.95 Å². The van der Waals surface area contributed by atoms with Gasteiger partial charge in [-0.1, -0.05) is 0 Å². The zero-order chi connectivity index (χ0) is 11.8. The van der Waals surface area contributed by atoms with E-state index in [9.17, 15) is 0 Å². The van der Waals surface area contributed by atoms with E-state index < -0.39 is 0 Å². The summed E-state index contributed by atoms with van der Waals surface area (Å²) in [6.07, 6.45) is 1.15. The van der Waals surface area contributed by atoms with Crippen molar-refractivity contribution in [2.24, 2.45) is 11.7 Å². The second kappa shape index (κ2) is 4.23. The fraction of sp³-hybridized carbons (Fsp3) is 0.667. The highest BCUT2D eigenvalue weighted by molar-refractivity contribution is 5.38. The molecule has 1 aromatic heterocycles. The average molecular weight is 234 g/mol. The first-order valence-electron chi connectivity index (χ1n) is 6.17. The normalized spacial score (nSPS) is 23.2. The second-order valence-electron chi connectivity index (χ2n) is 4.86. The number of aryl methyl sites for hydroxylation is 1. The van der Waals surface area contributed by atoms with Crippen molar-refractivity contribution in [3.63, 3.8) is 0 Å². The molecule has 0 radical (unpaired) electrons. The molecule has 2 aliphatic rings. The van der Waals surface area contributed by atoms with Gasteiger partial charge in [-0.15, -0.1) is 0 Å². The Kier molecular flexibility index (Phi) is 2.72. The maximum absolute atomic E-state index is 5.71. The van der Waals surface area contributed by atoms with E-state index in [1.165, 1.54) is 5.56 Å². The van der Waals surface area contributed by atoms with Gasteiger partial charge in [0.2, 0.25) is 5.95 Å². The largest absolute Gasteiger partial charge is 0.370 e. The van der Waals surface area contributed by atoms with Crippen molar-refractivity contribution < 1.29 is 4.74 Å². The molecular formula is C12H18N4O. The molecule has 5 nitrogen and oxygen atoms in total. The van der Waals surface area contributed by atoms with Gasteiger partial charge in [-0.25, -0.2) is 9.97 Å². The van der Waals surface area contributed by atoms with Crippen LogP contribution in [0.3, 0.4) is 0 Å². The Morgan fingerprint density at radius 1 is 1.41 bits per heavy atom. The summed E-state index contributed by atoms with van der Waals surface area (Å²) < 4.78 is 5.41. The molecule has 3 heterocycles. The monoisotopic (exact) mass is 234 g/mol. The first-order chi connectivity index (χ1) is 8.28. The lowest BCUT2D eigenvalue weighted by Crippen LogP contribution is -2.25. The topological polar surface area (TPSA) is 64.3 Å². The van der Waals surface area contributed by atoms with Crippen LogP contribution in [0.5, 0.6) is 0 Å². The maximum atomic E-state index is 5.71. The Hall–Kier alpha value is -1.20. The van der Waals surface area contributed by atoms with Crippen LogP contribution >= 0.6 is 0 Å². The highest BCUT2D eigenvalue weighted by atomic mass is 16.5. The van der Waals surface area contributed by atoms with E-state index in [0.29, 0.717) is 19.1 Å². The van der Waals surface area contributed by atoms with Crippen LogP contribution in [0.2, 0.25) is 0 Å². The third-order valence-corrected chi connectivity index (χ3v) is 3.67. The molecule has 0 saturated carbocycles. The van der Waals surface area contributed by atoms with Gasteiger partial charge in [-0.05, 0) is 25.8 Å². The Morgan fingerprint density at radius 2 is 2.29 bits per heavy atom. The van der Waals surface area contributed by atoms with Crippen LogP contribution in [-0.2, 0) is 18.0 Å². The summed E-state index contributed by atoms with van der Waals surface area (Å²) in [5.41, 5.74) is 8.99. The molecule has 0 spiro atoms. The molecule has 1 atom stereocenters. The Morgan fingerprint density at radius 3 is 3.06 bits per heavy atom. The van der Waals surface area contributed by atoms with E-state index >= 15 is 0 Å². The predicted octanol–water partition coefficient (Wildman–Crippen LogP) is 0.600. The molecule has 2 aliphatic heterocycles. The lowest BCUT2D eigenvalue weighted by atomic mass is 10.1. The molecule has 1 fully saturated rings. The van der Waals surface area contributed by atoms with Gasteiger partial charge in [0.1, 0.15) is 0 Å². The van der Waals surface area contributed by atoms with Gasteiger partial charge < -0.3 is 15.4 Å².